The van der Waals surface area contributed by atoms with Gasteiger partial charge in [-0.1, -0.05) is 30.3 Å². The summed E-state index contributed by atoms with van der Waals surface area (Å²) in [6, 6.07) is 10.0. The maximum atomic E-state index is 9.67. The van der Waals surface area contributed by atoms with Gasteiger partial charge in [-0.3, -0.25) is 0 Å². The van der Waals surface area contributed by atoms with Gasteiger partial charge >= 0.3 is 6.68 Å². The standard InChI is InChI=1S/C9H8N2.CHF3/c1-2-4-8(5-3-1)9-10-6-7-11-9;2-1(3)4/h1-7H,(H,10,11);1H. The molecule has 0 aliphatic heterocycles. The topological polar surface area (TPSA) is 28.7 Å². The van der Waals surface area contributed by atoms with Gasteiger partial charge in [0.25, 0.3) is 0 Å². The molecule has 1 aromatic heterocycles. The molecule has 0 saturated carbocycles. The minimum absolute atomic E-state index is 0.922. The highest BCUT2D eigenvalue weighted by Crippen LogP contribution is 2.11. The van der Waals surface area contributed by atoms with Gasteiger partial charge in [-0.15, -0.1) is 0 Å². The SMILES string of the molecule is FC(F)F.c1ccc(-c2ncc[nH]2)cc1. The molecule has 15 heavy (non-hydrogen) atoms. The third-order valence-corrected chi connectivity index (χ3v) is 1.55. The van der Waals surface area contributed by atoms with Crippen molar-refractivity contribution in [3.8, 4) is 11.4 Å². The monoisotopic (exact) mass is 214 g/mol. The quantitative estimate of drug-likeness (QED) is 0.775. The molecule has 80 valence electrons. The summed E-state index contributed by atoms with van der Waals surface area (Å²) in [6.07, 6.45) is 3.57. The molecule has 0 unspecified atom stereocenters. The number of nitrogens with one attached hydrogen (secondary N) is 1. The number of H-pyrrole nitrogens is 1. The van der Waals surface area contributed by atoms with Crippen LogP contribution in [-0.2, 0) is 0 Å². The maximum Gasteiger partial charge on any atom is 0.379 e. The minimum atomic E-state index is -3.67. The van der Waals surface area contributed by atoms with Gasteiger partial charge in [-0.25, -0.2) is 4.98 Å². The van der Waals surface area contributed by atoms with Crippen molar-refractivity contribution in [2.75, 3.05) is 0 Å². The highest BCUT2D eigenvalue weighted by Gasteiger charge is 1.94. The lowest BCUT2D eigenvalue weighted by atomic mass is 10.2. The van der Waals surface area contributed by atoms with Crippen molar-refractivity contribution >= 4 is 0 Å². The van der Waals surface area contributed by atoms with Crippen LogP contribution in [0.4, 0.5) is 13.2 Å². The molecular weight excluding hydrogens is 205 g/mol. The lowest BCUT2D eigenvalue weighted by Gasteiger charge is -1.92. The van der Waals surface area contributed by atoms with Gasteiger partial charge in [0.05, 0.1) is 0 Å². The van der Waals surface area contributed by atoms with E-state index in [1.165, 1.54) is 0 Å². The first-order valence-electron chi connectivity index (χ1n) is 4.17. The normalized spacial score (nSPS) is 9.60. The molecule has 0 fully saturated rings. The van der Waals surface area contributed by atoms with Crippen molar-refractivity contribution in [2.24, 2.45) is 0 Å². The number of hydrogen-bond acceptors (Lipinski definition) is 1. The number of aromatic amines is 1. The molecule has 0 spiro atoms. The molecule has 2 rings (SSSR count). The number of aromatic nitrogens is 2. The third-order valence-electron chi connectivity index (χ3n) is 1.55. The van der Waals surface area contributed by atoms with Gasteiger partial charge < -0.3 is 4.98 Å². The predicted molar refractivity (Wildman–Crippen MR) is 51.1 cm³/mol. The molecule has 1 N–H and O–H groups in total. The van der Waals surface area contributed by atoms with Crippen molar-refractivity contribution in [2.45, 2.75) is 6.68 Å². The highest BCUT2D eigenvalue weighted by atomic mass is 19.4. The number of rotatable bonds is 1. The number of hydrogen-bond donors (Lipinski definition) is 1. The van der Waals surface area contributed by atoms with Crippen molar-refractivity contribution in [1.82, 2.24) is 9.97 Å². The van der Waals surface area contributed by atoms with E-state index in [0.717, 1.165) is 11.4 Å². The summed E-state index contributed by atoms with van der Waals surface area (Å²) in [5.41, 5.74) is 1.12. The molecule has 0 bridgehead atoms. The molecule has 0 amide bonds. The van der Waals surface area contributed by atoms with E-state index in [0.29, 0.717) is 0 Å². The van der Waals surface area contributed by atoms with Crippen LogP contribution in [0.25, 0.3) is 11.4 Å². The van der Waals surface area contributed by atoms with Gasteiger partial charge in [0, 0.05) is 18.0 Å². The zero-order valence-corrected chi connectivity index (χ0v) is 7.70. The average Bonchev–Trinajstić information content (AvgIpc) is 2.71. The van der Waals surface area contributed by atoms with E-state index in [1.807, 2.05) is 36.5 Å². The van der Waals surface area contributed by atoms with E-state index in [-0.39, 0.29) is 0 Å². The van der Waals surface area contributed by atoms with Crippen molar-refractivity contribution in [1.29, 1.82) is 0 Å². The van der Waals surface area contributed by atoms with Gasteiger partial charge in [-0.05, 0) is 0 Å². The van der Waals surface area contributed by atoms with E-state index < -0.39 is 6.68 Å². The van der Waals surface area contributed by atoms with E-state index in [9.17, 15) is 13.2 Å². The number of benzene rings is 1. The number of alkyl halides is 3. The molecule has 1 heterocycles. The molecule has 2 aromatic rings. The second-order valence-corrected chi connectivity index (χ2v) is 2.55. The Kier molecular flexibility index (Phi) is 4.40. The Balaban J connectivity index is 0.000000245. The summed E-state index contributed by atoms with van der Waals surface area (Å²) in [7, 11) is 0. The lowest BCUT2D eigenvalue weighted by molar-refractivity contribution is 0.00819. The highest BCUT2D eigenvalue weighted by molar-refractivity contribution is 5.53. The van der Waals surface area contributed by atoms with E-state index in [4.69, 9.17) is 0 Å². The molecule has 2 nitrogen and oxygen atoms in total. The van der Waals surface area contributed by atoms with E-state index in [2.05, 4.69) is 9.97 Å². The number of halogens is 3. The Morgan fingerprint density at radius 1 is 1.07 bits per heavy atom. The second kappa shape index (κ2) is 5.85. The largest absolute Gasteiger partial charge is 0.379 e. The lowest BCUT2D eigenvalue weighted by Crippen LogP contribution is -1.77. The molecular formula is C10H9F3N2. The predicted octanol–water partition coefficient (Wildman–Crippen LogP) is 3.26. The summed E-state index contributed by atoms with van der Waals surface area (Å²) in [6.45, 7) is -3.67. The van der Waals surface area contributed by atoms with Crippen molar-refractivity contribution in [3.63, 3.8) is 0 Å². The van der Waals surface area contributed by atoms with Crippen LogP contribution >= 0.6 is 0 Å². The first-order chi connectivity index (χ1) is 7.20. The van der Waals surface area contributed by atoms with Crippen LogP contribution in [-0.4, -0.2) is 16.6 Å². The van der Waals surface area contributed by atoms with Crippen LogP contribution in [0.15, 0.2) is 42.7 Å². The van der Waals surface area contributed by atoms with Crippen LogP contribution in [0.1, 0.15) is 0 Å². The number of nitrogens with zero attached hydrogens (tertiary/aromatic N) is 1. The molecule has 1 aromatic carbocycles. The molecule has 0 atom stereocenters. The Morgan fingerprint density at radius 3 is 2.13 bits per heavy atom. The Morgan fingerprint density at radius 2 is 1.67 bits per heavy atom. The van der Waals surface area contributed by atoms with Crippen molar-refractivity contribution in [3.05, 3.63) is 42.7 Å². The summed E-state index contributed by atoms with van der Waals surface area (Å²) in [4.78, 5) is 7.17. The van der Waals surface area contributed by atoms with Gasteiger partial charge in [0.15, 0.2) is 0 Å². The average molecular weight is 214 g/mol. The fraction of sp³-hybridized carbons (Fsp3) is 0.100. The zero-order valence-electron chi connectivity index (χ0n) is 7.70. The smallest absolute Gasteiger partial charge is 0.345 e. The first kappa shape index (κ1) is 11.3. The third kappa shape index (κ3) is 4.30. The van der Waals surface area contributed by atoms with Crippen LogP contribution in [0, 0.1) is 0 Å². The summed E-state index contributed by atoms with van der Waals surface area (Å²) >= 11 is 0. The molecule has 0 saturated heterocycles. The molecule has 5 heteroatoms. The van der Waals surface area contributed by atoms with E-state index in [1.54, 1.807) is 6.20 Å². The first-order valence-corrected chi connectivity index (χ1v) is 4.17. The summed E-state index contributed by atoms with van der Waals surface area (Å²) < 4.78 is 29.0. The number of imidazole rings is 1. The van der Waals surface area contributed by atoms with Crippen LogP contribution in [0.5, 0.6) is 0 Å². The second-order valence-electron chi connectivity index (χ2n) is 2.55. The molecule has 0 radical (unpaired) electrons. The van der Waals surface area contributed by atoms with Crippen LogP contribution < -0.4 is 0 Å². The van der Waals surface area contributed by atoms with Crippen LogP contribution in [0.2, 0.25) is 0 Å². The van der Waals surface area contributed by atoms with E-state index >= 15 is 0 Å². The summed E-state index contributed by atoms with van der Waals surface area (Å²) in [5.74, 6) is 0.922. The molecule has 0 aliphatic rings. The Labute approximate surface area is 84.8 Å². The summed E-state index contributed by atoms with van der Waals surface area (Å²) in [5, 5.41) is 0. The minimum Gasteiger partial charge on any atom is -0.345 e. The fourth-order valence-corrected chi connectivity index (χ4v) is 1.02. The molecule has 0 aliphatic carbocycles. The Hall–Kier alpha value is -1.78. The fourth-order valence-electron chi connectivity index (χ4n) is 1.02. The van der Waals surface area contributed by atoms with Gasteiger partial charge in [-0.2, -0.15) is 13.2 Å². The van der Waals surface area contributed by atoms with Gasteiger partial charge in [0.2, 0.25) is 0 Å². The zero-order chi connectivity index (χ0) is 11.1. The Bertz CT molecular complexity index is 357. The van der Waals surface area contributed by atoms with Crippen molar-refractivity contribution < 1.29 is 13.2 Å². The van der Waals surface area contributed by atoms with Gasteiger partial charge in [0.1, 0.15) is 5.82 Å². The maximum absolute atomic E-state index is 9.67. The van der Waals surface area contributed by atoms with Crippen LogP contribution in [0.3, 0.4) is 0 Å².